The van der Waals surface area contributed by atoms with Crippen molar-refractivity contribution in [2.45, 2.75) is 64.1 Å². The third-order valence-corrected chi connectivity index (χ3v) is 7.42. The third-order valence-electron chi connectivity index (χ3n) is 6.43. The Morgan fingerprint density at radius 3 is 2.68 bits per heavy atom. The standard InChI is InChI=1S/C23H27N5O2S/c1-15-25-21-19(22(30)28(15)17-10-5-6-11-17)26-23(31-21)27-13-7-12-18(27)20(29)24-14-16-8-3-2-4-9-16/h2-4,8-9,17-18H,5-7,10-14H2,1H3,(H,24,29). The highest BCUT2D eigenvalue weighted by molar-refractivity contribution is 7.21. The number of thiazole rings is 1. The molecule has 31 heavy (non-hydrogen) atoms. The number of hydrogen-bond donors (Lipinski definition) is 1. The molecule has 0 spiro atoms. The summed E-state index contributed by atoms with van der Waals surface area (Å²) in [4.78, 5) is 38.2. The minimum Gasteiger partial charge on any atom is -0.350 e. The van der Waals surface area contributed by atoms with E-state index in [9.17, 15) is 9.59 Å². The van der Waals surface area contributed by atoms with Crippen molar-refractivity contribution < 1.29 is 4.79 Å². The van der Waals surface area contributed by atoms with Crippen LogP contribution in [0.5, 0.6) is 0 Å². The number of rotatable bonds is 5. The van der Waals surface area contributed by atoms with E-state index in [-0.39, 0.29) is 23.6 Å². The minimum atomic E-state index is -0.262. The summed E-state index contributed by atoms with van der Waals surface area (Å²) < 4.78 is 1.84. The summed E-state index contributed by atoms with van der Waals surface area (Å²) in [5, 5.41) is 3.78. The van der Waals surface area contributed by atoms with Crippen LogP contribution in [0.25, 0.3) is 10.3 Å². The summed E-state index contributed by atoms with van der Waals surface area (Å²) in [5.41, 5.74) is 1.47. The first kappa shape index (κ1) is 20.2. The van der Waals surface area contributed by atoms with Crippen LogP contribution < -0.4 is 15.8 Å². The van der Waals surface area contributed by atoms with Gasteiger partial charge in [-0.3, -0.25) is 14.2 Å². The fraction of sp³-hybridized carbons (Fsp3) is 0.478. The van der Waals surface area contributed by atoms with Gasteiger partial charge in [-0.25, -0.2) is 9.97 Å². The van der Waals surface area contributed by atoms with Gasteiger partial charge >= 0.3 is 0 Å². The number of amides is 1. The van der Waals surface area contributed by atoms with Gasteiger partial charge in [0.15, 0.2) is 15.5 Å². The Bertz CT molecular complexity index is 1150. The Morgan fingerprint density at radius 2 is 1.90 bits per heavy atom. The van der Waals surface area contributed by atoms with Gasteiger partial charge < -0.3 is 10.2 Å². The Balaban J connectivity index is 1.39. The highest BCUT2D eigenvalue weighted by Gasteiger charge is 2.33. The molecule has 1 aromatic carbocycles. The Labute approximate surface area is 185 Å². The highest BCUT2D eigenvalue weighted by atomic mass is 32.1. The molecule has 2 aliphatic rings. The first-order chi connectivity index (χ1) is 15.1. The molecule has 3 heterocycles. The number of carbonyl (C=O) groups excluding carboxylic acids is 1. The molecular formula is C23H27N5O2S. The maximum Gasteiger partial charge on any atom is 0.281 e. The predicted molar refractivity (Wildman–Crippen MR) is 123 cm³/mol. The second-order valence-corrected chi connectivity index (χ2v) is 9.43. The van der Waals surface area contributed by atoms with Gasteiger partial charge in [0.1, 0.15) is 11.9 Å². The highest BCUT2D eigenvalue weighted by Crippen LogP contribution is 2.33. The Morgan fingerprint density at radius 1 is 1.13 bits per heavy atom. The van der Waals surface area contributed by atoms with Crippen LogP contribution >= 0.6 is 11.3 Å². The molecule has 8 heteroatoms. The maximum atomic E-state index is 13.2. The molecule has 0 bridgehead atoms. The van der Waals surface area contributed by atoms with Crippen LogP contribution in [0.4, 0.5) is 5.13 Å². The van der Waals surface area contributed by atoms with Crippen molar-refractivity contribution in [1.29, 1.82) is 0 Å². The lowest BCUT2D eigenvalue weighted by Crippen LogP contribution is -2.43. The maximum absolute atomic E-state index is 13.2. The van der Waals surface area contributed by atoms with Crippen molar-refractivity contribution in [3.05, 3.63) is 52.1 Å². The number of aromatic nitrogens is 3. The van der Waals surface area contributed by atoms with Crippen LogP contribution in [0.3, 0.4) is 0 Å². The van der Waals surface area contributed by atoms with Gasteiger partial charge in [-0.1, -0.05) is 54.5 Å². The van der Waals surface area contributed by atoms with Crippen molar-refractivity contribution in [3.8, 4) is 0 Å². The molecule has 1 N–H and O–H groups in total. The summed E-state index contributed by atoms with van der Waals surface area (Å²) in [5.74, 6) is 0.770. The Hall–Kier alpha value is -2.74. The van der Waals surface area contributed by atoms with Gasteiger partial charge in [0.2, 0.25) is 5.91 Å². The normalized spacial score (nSPS) is 19.4. The van der Waals surface area contributed by atoms with Crippen LogP contribution in [0.1, 0.15) is 56.0 Å². The van der Waals surface area contributed by atoms with Crippen LogP contribution in [-0.2, 0) is 11.3 Å². The number of benzene rings is 1. The van der Waals surface area contributed by atoms with E-state index in [1.54, 1.807) is 0 Å². The van der Waals surface area contributed by atoms with Crippen molar-refractivity contribution in [3.63, 3.8) is 0 Å². The fourth-order valence-corrected chi connectivity index (χ4v) is 5.92. The molecule has 0 radical (unpaired) electrons. The summed E-state index contributed by atoms with van der Waals surface area (Å²) >= 11 is 1.42. The molecule has 1 atom stereocenters. The van der Waals surface area contributed by atoms with E-state index < -0.39 is 0 Å². The van der Waals surface area contributed by atoms with Crippen LogP contribution in [0, 0.1) is 6.92 Å². The molecule has 1 aliphatic heterocycles. The van der Waals surface area contributed by atoms with Crippen molar-refractivity contribution in [2.24, 2.45) is 0 Å². The molecule has 1 amide bonds. The third kappa shape index (κ3) is 3.84. The first-order valence-electron chi connectivity index (χ1n) is 11.1. The monoisotopic (exact) mass is 437 g/mol. The fourth-order valence-electron chi connectivity index (χ4n) is 4.86. The lowest BCUT2D eigenvalue weighted by molar-refractivity contribution is -0.122. The van der Waals surface area contributed by atoms with Gasteiger partial charge in [-0.15, -0.1) is 0 Å². The molecule has 1 unspecified atom stereocenters. The number of anilines is 1. The van der Waals surface area contributed by atoms with Gasteiger partial charge in [0, 0.05) is 19.1 Å². The topological polar surface area (TPSA) is 80.1 Å². The van der Waals surface area contributed by atoms with Crippen LogP contribution in [-0.4, -0.2) is 33.0 Å². The lowest BCUT2D eigenvalue weighted by Gasteiger charge is -2.23. The van der Waals surface area contributed by atoms with Crippen molar-refractivity contribution in [2.75, 3.05) is 11.4 Å². The quantitative estimate of drug-likeness (QED) is 0.660. The van der Waals surface area contributed by atoms with Crippen LogP contribution in [0.2, 0.25) is 0 Å². The molecule has 1 aliphatic carbocycles. The van der Waals surface area contributed by atoms with Gasteiger partial charge in [-0.05, 0) is 38.2 Å². The zero-order valence-electron chi connectivity index (χ0n) is 17.7. The first-order valence-corrected chi connectivity index (χ1v) is 11.9. The van der Waals surface area contributed by atoms with Gasteiger partial charge in [0.25, 0.3) is 5.56 Å². The van der Waals surface area contributed by atoms with Crippen LogP contribution in [0.15, 0.2) is 35.1 Å². The van der Waals surface area contributed by atoms with E-state index in [0.29, 0.717) is 16.9 Å². The second kappa shape index (κ2) is 8.42. The zero-order chi connectivity index (χ0) is 21.4. The molecule has 2 aromatic heterocycles. The molecule has 3 aromatic rings. The van der Waals surface area contributed by atoms with E-state index in [4.69, 9.17) is 4.98 Å². The lowest BCUT2D eigenvalue weighted by atomic mass is 10.2. The van der Waals surface area contributed by atoms with Gasteiger partial charge in [0.05, 0.1) is 0 Å². The largest absolute Gasteiger partial charge is 0.350 e. The van der Waals surface area contributed by atoms with Crippen molar-refractivity contribution in [1.82, 2.24) is 19.9 Å². The molecule has 2 fully saturated rings. The van der Waals surface area contributed by atoms with E-state index in [1.807, 2.05) is 46.7 Å². The van der Waals surface area contributed by atoms with Gasteiger partial charge in [-0.2, -0.15) is 0 Å². The molecule has 162 valence electrons. The number of hydrogen-bond acceptors (Lipinski definition) is 6. The van der Waals surface area contributed by atoms with E-state index in [1.165, 1.54) is 11.3 Å². The number of fused-ring (bicyclic) bond motifs is 1. The number of nitrogens with zero attached hydrogens (tertiary/aromatic N) is 4. The van der Waals surface area contributed by atoms with E-state index in [0.717, 1.165) is 61.6 Å². The zero-order valence-corrected chi connectivity index (χ0v) is 18.5. The number of aryl methyl sites for hydroxylation is 1. The van der Waals surface area contributed by atoms with Crippen molar-refractivity contribution >= 4 is 32.7 Å². The molecule has 7 nitrogen and oxygen atoms in total. The summed E-state index contributed by atoms with van der Waals surface area (Å²) in [6, 6.07) is 9.89. The van der Waals surface area contributed by atoms with E-state index >= 15 is 0 Å². The Kier molecular flexibility index (Phi) is 5.48. The second-order valence-electron chi connectivity index (χ2n) is 8.48. The summed E-state index contributed by atoms with van der Waals surface area (Å²) in [7, 11) is 0. The summed E-state index contributed by atoms with van der Waals surface area (Å²) in [6.07, 6.45) is 6.09. The number of carbonyl (C=O) groups is 1. The molecular weight excluding hydrogens is 410 g/mol. The van der Waals surface area contributed by atoms with E-state index in [2.05, 4.69) is 10.3 Å². The average Bonchev–Trinajstić information content (AvgIpc) is 3.53. The molecule has 1 saturated heterocycles. The SMILES string of the molecule is Cc1nc2sc(N3CCCC3C(=O)NCc3ccccc3)nc2c(=O)n1C1CCCC1. The molecule has 1 saturated carbocycles. The average molecular weight is 438 g/mol. The smallest absolute Gasteiger partial charge is 0.281 e. The minimum absolute atomic E-state index is 0.00751. The predicted octanol–water partition coefficient (Wildman–Crippen LogP) is 3.56. The summed E-state index contributed by atoms with van der Waals surface area (Å²) in [6.45, 7) is 3.18. The number of nitrogens with one attached hydrogen (secondary N) is 1. The molecule has 5 rings (SSSR count).